The summed E-state index contributed by atoms with van der Waals surface area (Å²) in [7, 11) is 0. The third kappa shape index (κ3) is 3.80. The van der Waals surface area contributed by atoms with Gasteiger partial charge in [0, 0.05) is 37.4 Å². The molecule has 0 spiro atoms. The fourth-order valence-electron chi connectivity index (χ4n) is 4.08. The molecule has 1 atom stereocenters. The predicted octanol–water partition coefficient (Wildman–Crippen LogP) is 3.08. The van der Waals surface area contributed by atoms with Gasteiger partial charge in [-0.15, -0.1) is 5.10 Å². The zero-order valence-electron chi connectivity index (χ0n) is 16.6. The molecule has 7 heteroatoms. The second kappa shape index (κ2) is 8.14. The molecule has 3 aromatic rings. The average Bonchev–Trinajstić information content (AvgIpc) is 3.36. The van der Waals surface area contributed by atoms with E-state index in [-0.39, 0.29) is 11.9 Å². The highest BCUT2D eigenvalue weighted by Gasteiger charge is 2.24. The van der Waals surface area contributed by atoms with Crippen LogP contribution in [0.3, 0.4) is 0 Å². The van der Waals surface area contributed by atoms with E-state index >= 15 is 0 Å². The molecule has 1 fully saturated rings. The second-order valence-corrected chi connectivity index (χ2v) is 7.47. The number of hydrogen-bond acceptors (Lipinski definition) is 4. The molecule has 1 N–H and O–H groups in total. The van der Waals surface area contributed by atoms with Crippen molar-refractivity contribution in [2.75, 3.05) is 26.2 Å². The van der Waals surface area contributed by atoms with Crippen LogP contribution < -0.4 is 0 Å². The number of aromatic nitrogens is 4. The smallest absolute Gasteiger partial charge is 0.276 e. The summed E-state index contributed by atoms with van der Waals surface area (Å²) in [5, 5.41) is 9.67. The Kier molecular flexibility index (Phi) is 5.43. The number of carbonyl (C=O) groups is 1. The maximum absolute atomic E-state index is 12.5. The fraction of sp³-hybridized carbons (Fsp3) is 0.476. The summed E-state index contributed by atoms with van der Waals surface area (Å²) in [6, 6.07) is 10.9. The minimum atomic E-state index is -0.0398. The van der Waals surface area contributed by atoms with Gasteiger partial charge in [-0.2, -0.15) is 0 Å². The summed E-state index contributed by atoms with van der Waals surface area (Å²) < 4.78 is 1.88. The van der Waals surface area contributed by atoms with Crippen LogP contribution in [0.25, 0.3) is 10.9 Å². The van der Waals surface area contributed by atoms with Crippen molar-refractivity contribution in [1.29, 1.82) is 0 Å². The van der Waals surface area contributed by atoms with E-state index in [0.29, 0.717) is 18.8 Å². The number of carbonyl (C=O) groups excluding carboxylic acids is 1. The number of benzene rings is 1. The molecule has 7 nitrogen and oxygen atoms in total. The number of fused-ring (bicyclic) bond motifs is 1. The van der Waals surface area contributed by atoms with E-state index in [1.807, 2.05) is 24.7 Å². The van der Waals surface area contributed by atoms with Crippen molar-refractivity contribution in [3.63, 3.8) is 0 Å². The van der Waals surface area contributed by atoms with Crippen molar-refractivity contribution in [3.8, 4) is 0 Å². The van der Waals surface area contributed by atoms with Gasteiger partial charge in [-0.05, 0) is 50.8 Å². The molecule has 28 heavy (non-hydrogen) atoms. The van der Waals surface area contributed by atoms with Crippen LogP contribution in [0.2, 0.25) is 0 Å². The normalized spacial score (nSPS) is 17.9. The van der Waals surface area contributed by atoms with Gasteiger partial charge in [-0.25, -0.2) is 4.68 Å². The fourth-order valence-corrected chi connectivity index (χ4v) is 4.08. The number of rotatable bonds is 6. The van der Waals surface area contributed by atoms with Gasteiger partial charge < -0.3 is 9.88 Å². The number of hydrogen-bond donors (Lipinski definition) is 1. The molecule has 1 saturated heterocycles. The van der Waals surface area contributed by atoms with Gasteiger partial charge in [-0.3, -0.25) is 9.69 Å². The third-order valence-electron chi connectivity index (χ3n) is 5.61. The minimum absolute atomic E-state index is 0.0398. The monoisotopic (exact) mass is 380 g/mol. The largest absolute Gasteiger partial charge is 0.357 e. The molecule has 0 aliphatic carbocycles. The number of likely N-dealkylation sites (tertiary alicyclic amines) is 1. The molecule has 2 aromatic heterocycles. The molecular formula is C21H28N6O. The second-order valence-electron chi connectivity index (χ2n) is 7.47. The average molecular weight is 380 g/mol. The standard InChI is InChI=1S/C21H28N6O/c1-3-26(4-2)21(28)20-15-27(24-23-20)18-9-7-11-25(14-18)13-17-12-16-8-5-6-10-19(16)22-17/h5-6,8,10,12,15,18,22H,3-4,7,9,11,13-14H2,1-2H3/t18-/m1/s1. The Morgan fingerprint density at radius 3 is 2.89 bits per heavy atom. The number of amides is 1. The zero-order chi connectivity index (χ0) is 19.5. The predicted molar refractivity (Wildman–Crippen MR) is 109 cm³/mol. The molecule has 1 aliphatic rings. The van der Waals surface area contributed by atoms with E-state index in [1.165, 1.54) is 16.6 Å². The first-order valence-electron chi connectivity index (χ1n) is 10.2. The van der Waals surface area contributed by atoms with E-state index in [9.17, 15) is 4.79 Å². The van der Waals surface area contributed by atoms with Crippen LogP contribution in [0.15, 0.2) is 36.5 Å². The third-order valence-corrected chi connectivity index (χ3v) is 5.61. The molecule has 1 amide bonds. The molecule has 0 bridgehead atoms. The van der Waals surface area contributed by atoms with E-state index in [2.05, 4.69) is 50.5 Å². The van der Waals surface area contributed by atoms with E-state index < -0.39 is 0 Å². The maximum Gasteiger partial charge on any atom is 0.276 e. The first-order valence-corrected chi connectivity index (χ1v) is 10.2. The number of H-pyrrole nitrogens is 1. The SMILES string of the molecule is CCN(CC)C(=O)c1cn([C@@H]2CCCN(Cc3cc4ccccc4[nH]3)C2)nn1. The number of aromatic amines is 1. The lowest BCUT2D eigenvalue weighted by molar-refractivity contribution is 0.0767. The summed E-state index contributed by atoms with van der Waals surface area (Å²) in [6.07, 6.45) is 3.99. The van der Waals surface area contributed by atoms with E-state index in [0.717, 1.165) is 32.5 Å². The number of para-hydroxylation sites is 1. The first kappa shape index (κ1) is 18.7. The summed E-state index contributed by atoms with van der Waals surface area (Å²) >= 11 is 0. The van der Waals surface area contributed by atoms with Crippen molar-refractivity contribution in [2.24, 2.45) is 0 Å². The van der Waals surface area contributed by atoms with Crippen LogP contribution >= 0.6 is 0 Å². The van der Waals surface area contributed by atoms with Gasteiger partial charge in [-0.1, -0.05) is 23.4 Å². The van der Waals surface area contributed by atoms with Crippen LogP contribution in [0.5, 0.6) is 0 Å². The van der Waals surface area contributed by atoms with Crippen molar-refractivity contribution in [3.05, 3.63) is 47.9 Å². The van der Waals surface area contributed by atoms with Crippen LogP contribution in [0.4, 0.5) is 0 Å². The lowest BCUT2D eigenvalue weighted by Gasteiger charge is -2.32. The van der Waals surface area contributed by atoms with Gasteiger partial charge in [0.2, 0.25) is 0 Å². The van der Waals surface area contributed by atoms with Gasteiger partial charge >= 0.3 is 0 Å². The molecule has 1 aliphatic heterocycles. The molecule has 148 valence electrons. The van der Waals surface area contributed by atoms with E-state index in [4.69, 9.17) is 0 Å². The van der Waals surface area contributed by atoms with Crippen LogP contribution in [-0.4, -0.2) is 61.9 Å². The Balaban J connectivity index is 1.43. The molecule has 0 unspecified atom stereocenters. The molecule has 3 heterocycles. The Morgan fingerprint density at radius 2 is 2.11 bits per heavy atom. The van der Waals surface area contributed by atoms with Crippen LogP contribution in [0.1, 0.15) is 48.9 Å². The Hall–Kier alpha value is -2.67. The maximum atomic E-state index is 12.5. The molecule has 4 rings (SSSR count). The summed E-state index contributed by atoms with van der Waals surface area (Å²) in [4.78, 5) is 20.2. The number of nitrogens with zero attached hydrogens (tertiary/aromatic N) is 5. The van der Waals surface area contributed by atoms with Crippen molar-refractivity contribution < 1.29 is 4.79 Å². The first-order chi connectivity index (χ1) is 13.7. The van der Waals surface area contributed by atoms with Gasteiger partial charge in [0.05, 0.1) is 12.2 Å². The highest BCUT2D eigenvalue weighted by Crippen LogP contribution is 2.23. The van der Waals surface area contributed by atoms with Crippen molar-refractivity contribution in [2.45, 2.75) is 39.3 Å². The number of piperidine rings is 1. The minimum Gasteiger partial charge on any atom is -0.357 e. The topological polar surface area (TPSA) is 70.1 Å². The zero-order valence-corrected chi connectivity index (χ0v) is 16.6. The van der Waals surface area contributed by atoms with E-state index in [1.54, 1.807) is 4.90 Å². The lowest BCUT2D eigenvalue weighted by Crippen LogP contribution is -2.36. The Labute approximate surface area is 165 Å². The Morgan fingerprint density at radius 1 is 1.29 bits per heavy atom. The highest BCUT2D eigenvalue weighted by molar-refractivity contribution is 5.91. The molecule has 0 radical (unpaired) electrons. The van der Waals surface area contributed by atoms with Gasteiger partial charge in [0.25, 0.3) is 5.91 Å². The summed E-state index contributed by atoms with van der Waals surface area (Å²) in [5.74, 6) is -0.0398. The van der Waals surface area contributed by atoms with Gasteiger partial charge in [0.1, 0.15) is 0 Å². The summed E-state index contributed by atoms with van der Waals surface area (Å²) in [6.45, 7) is 8.21. The summed E-state index contributed by atoms with van der Waals surface area (Å²) in [5.41, 5.74) is 2.86. The molecular weight excluding hydrogens is 352 g/mol. The van der Waals surface area contributed by atoms with Crippen LogP contribution in [0, 0.1) is 0 Å². The highest BCUT2D eigenvalue weighted by atomic mass is 16.2. The quantitative estimate of drug-likeness (QED) is 0.713. The number of nitrogens with one attached hydrogen (secondary N) is 1. The van der Waals surface area contributed by atoms with Crippen molar-refractivity contribution in [1.82, 2.24) is 29.8 Å². The lowest BCUT2D eigenvalue weighted by atomic mass is 10.1. The van der Waals surface area contributed by atoms with Gasteiger partial charge in [0.15, 0.2) is 5.69 Å². The molecule has 0 saturated carbocycles. The van der Waals surface area contributed by atoms with Crippen molar-refractivity contribution >= 4 is 16.8 Å². The van der Waals surface area contributed by atoms with Crippen LogP contribution in [-0.2, 0) is 6.54 Å². The molecule has 1 aromatic carbocycles. The Bertz CT molecular complexity index is 908.